The van der Waals surface area contributed by atoms with Crippen molar-refractivity contribution in [3.63, 3.8) is 0 Å². The van der Waals surface area contributed by atoms with Crippen LogP contribution in [0, 0.1) is 0 Å². The van der Waals surface area contributed by atoms with Gasteiger partial charge in [-0.2, -0.15) is 0 Å². The van der Waals surface area contributed by atoms with Gasteiger partial charge in [-0.15, -0.1) is 11.3 Å². The summed E-state index contributed by atoms with van der Waals surface area (Å²) >= 11 is 1.82. The molecule has 0 atom stereocenters. The SMILES string of the molecule is COCc1ccsc1C(C)(C)C. The molecule has 1 rings (SSSR count). The van der Waals surface area contributed by atoms with Gasteiger partial charge in [0.1, 0.15) is 0 Å². The molecule has 0 N–H and O–H groups in total. The van der Waals surface area contributed by atoms with E-state index in [9.17, 15) is 0 Å². The van der Waals surface area contributed by atoms with Crippen molar-refractivity contribution in [2.45, 2.75) is 32.8 Å². The van der Waals surface area contributed by atoms with Crippen molar-refractivity contribution in [2.75, 3.05) is 7.11 Å². The molecule has 0 aromatic carbocycles. The monoisotopic (exact) mass is 184 g/mol. The minimum Gasteiger partial charge on any atom is -0.380 e. The predicted molar refractivity (Wildman–Crippen MR) is 53.7 cm³/mol. The molecule has 0 fully saturated rings. The average molecular weight is 184 g/mol. The maximum absolute atomic E-state index is 5.13. The number of methoxy groups -OCH3 is 1. The summed E-state index contributed by atoms with van der Waals surface area (Å²) in [6, 6.07) is 2.15. The summed E-state index contributed by atoms with van der Waals surface area (Å²) in [6.07, 6.45) is 0. The van der Waals surface area contributed by atoms with Crippen LogP contribution in [0.15, 0.2) is 11.4 Å². The van der Waals surface area contributed by atoms with Gasteiger partial charge in [-0.25, -0.2) is 0 Å². The fraction of sp³-hybridized carbons (Fsp3) is 0.600. The Bertz CT molecular complexity index is 245. The van der Waals surface area contributed by atoms with Gasteiger partial charge < -0.3 is 4.74 Å². The van der Waals surface area contributed by atoms with Crippen molar-refractivity contribution < 1.29 is 4.74 Å². The largest absolute Gasteiger partial charge is 0.380 e. The lowest BCUT2D eigenvalue weighted by Gasteiger charge is -2.18. The molecule has 0 unspecified atom stereocenters. The highest BCUT2D eigenvalue weighted by atomic mass is 32.1. The molecule has 12 heavy (non-hydrogen) atoms. The van der Waals surface area contributed by atoms with Gasteiger partial charge in [0, 0.05) is 12.0 Å². The fourth-order valence-electron chi connectivity index (χ4n) is 1.26. The number of hydrogen-bond acceptors (Lipinski definition) is 2. The molecule has 0 aliphatic rings. The third-order valence-electron chi connectivity index (χ3n) is 1.73. The second-order valence-corrected chi connectivity index (χ2v) is 4.87. The van der Waals surface area contributed by atoms with Crippen LogP contribution < -0.4 is 0 Å². The van der Waals surface area contributed by atoms with Crippen molar-refractivity contribution in [3.8, 4) is 0 Å². The zero-order valence-corrected chi connectivity index (χ0v) is 8.99. The normalized spacial score (nSPS) is 12.0. The number of rotatable bonds is 2. The van der Waals surface area contributed by atoms with E-state index in [0.29, 0.717) is 0 Å². The van der Waals surface area contributed by atoms with Gasteiger partial charge in [-0.3, -0.25) is 0 Å². The standard InChI is InChI=1S/C10H16OS/c1-10(2,3)9-8(7-11-4)5-6-12-9/h5-6H,7H2,1-4H3. The molecule has 0 saturated heterocycles. The van der Waals surface area contributed by atoms with Crippen molar-refractivity contribution in [1.29, 1.82) is 0 Å². The van der Waals surface area contributed by atoms with Crippen molar-refractivity contribution in [1.82, 2.24) is 0 Å². The average Bonchev–Trinajstić information content (AvgIpc) is 2.34. The Hall–Kier alpha value is -0.340. The van der Waals surface area contributed by atoms with E-state index in [1.807, 2.05) is 11.3 Å². The molecule has 1 heterocycles. The second kappa shape index (κ2) is 3.58. The first-order valence-electron chi connectivity index (χ1n) is 4.11. The van der Waals surface area contributed by atoms with E-state index in [4.69, 9.17) is 4.74 Å². The fourth-order valence-corrected chi connectivity index (χ4v) is 2.26. The lowest BCUT2D eigenvalue weighted by atomic mass is 9.92. The van der Waals surface area contributed by atoms with Gasteiger partial charge in [-0.05, 0) is 22.4 Å². The molecule has 0 bridgehead atoms. The molecular formula is C10H16OS. The smallest absolute Gasteiger partial charge is 0.0724 e. The minimum atomic E-state index is 0.252. The van der Waals surface area contributed by atoms with Gasteiger partial charge in [0.05, 0.1) is 6.61 Å². The van der Waals surface area contributed by atoms with Gasteiger partial charge >= 0.3 is 0 Å². The Labute approximate surface area is 78.4 Å². The molecule has 68 valence electrons. The van der Waals surface area contributed by atoms with E-state index >= 15 is 0 Å². The van der Waals surface area contributed by atoms with E-state index < -0.39 is 0 Å². The molecule has 1 aromatic heterocycles. The van der Waals surface area contributed by atoms with E-state index in [0.717, 1.165) is 6.61 Å². The van der Waals surface area contributed by atoms with Crippen LogP contribution in [0.25, 0.3) is 0 Å². The topological polar surface area (TPSA) is 9.23 Å². The van der Waals surface area contributed by atoms with Gasteiger partial charge in [0.15, 0.2) is 0 Å². The Kier molecular flexibility index (Phi) is 2.91. The Morgan fingerprint density at radius 1 is 1.42 bits per heavy atom. The maximum Gasteiger partial charge on any atom is 0.0724 e. The van der Waals surface area contributed by atoms with Gasteiger partial charge in [-0.1, -0.05) is 20.8 Å². The third-order valence-corrected chi connectivity index (χ3v) is 3.11. The lowest BCUT2D eigenvalue weighted by Crippen LogP contribution is -2.11. The number of ether oxygens (including phenoxy) is 1. The Morgan fingerprint density at radius 2 is 2.08 bits per heavy atom. The van der Waals surface area contributed by atoms with E-state index in [-0.39, 0.29) is 5.41 Å². The predicted octanol–water partition coefficient (Wildman–Crippen LogP) is 3.19. The van der Waals surface area contributed by atoms with Crippen LogP contribution >= 0.6 is 11.3 Å². The summed E-state index contributed by atoms with van der Waals surface area (Å²) in [5.41, 5.74) is 1.58. The molecule has 0 aliphatic heterocycles. The first-order valence-corrected chi connectivity index (χ1v) is 4.99. The number of thiophene rings is 1. The van der Waals surface area contributed by atoms with E-state index in [2.05, 4.69) is 32.2 Å². The van der Waals surface area contributed by atoms with Crippen LogP contribution in [0.1, 0.15) is 31.2 Å². The van der Waals surface area contributed by atoms with Crippen LogP contribution in [0.2, 0.25) is 0 Å². The van der Waals surface area contributed by atoms with Gasteiger partial charge in [0.2, 0.25) is 0 Å². The summed E-state index contributed by atoms with van der Waals surface area (Å²) in [6.45, 7) is 7.43. The highest BCUT2D eigenvalue weighted by Crippen LogP contribution is 2.31. The highest BCUT2D eigenvalue weighted by Gasteiger charge is 2.18. The first kappa shape index (κ1) is 9.75. The minimum absolute atomic E-state index is 0.252. The van der Waals surface area contributed by atoms with Crippen LogP contribution in [-0.4, -0.2) is 7.11 Å². The zero-order chi connectivity index (χ0) is 9.19. The second-order valence-electron chi connectivity index (χ2n) is 3.96. The van der Waals surface area contributed by atoms with Crippen LogP contribution in [0.5, 0.6) is 0 Å². The summed E-state index contributed by atoms with van der Waals surface area (Å²) < 4.78 is 5.13. The van der Waals surface area contributed by atoms with Crippen molar-refractivity contribution in [3.05, 3.63) is 21.9 Å². The van der Waals surface area contributed by atoms with Crippen LogP contribution in [-0.2, 0) is 16.8 Å². The zero-order valence-electron chi connectivity index (χ0n) is 8.18. The van der Waals surface area contributed by atoms with Crippen LogP contribution in [0.4, 0.5) is 0 Å². The molecule has 1 aromatic rings. The molecular weight excluding hydrogens is 168 g/mol. The van der Waals surface area contributed by atoms with Crippen molar-refractivity contribution >= 4 is 11.3 Å². The summed E-state index contributed by atoms with van der Waals surface area (Å²) in [4.78, 5) is 1.43. The first-order chi connectivity index (χ1) is 5.55. The molecule has 0 radical (unpaired) electrons. The van der Waals surface area contributed by atoms with E-state index in [1.165, 1.54) is 10.4 Å². The molecule has 2 heteroatoms. The molecule has 1 nitrogen and oxygen atoms in total. The lowest BCUT2D eigenvalue weighted by molar-refractivity contribution is 0.183. The molecule has 0 spiro atoms. The number of hydrogen-bond donors (Lipinski definition) is 0. The highest BCUT2D eigenvalue weighted by molar-refractivity contribution is 7.10. The Morgan fingerprint density at radius 3 is 2.58 bits per heavy atom. The maximum atomic E-state index is 5.13. The van der Waals surface area contributed by atoms with E-state index in [1.54, 1.807) is 7.11 Å². The molecule has 0 saturated carbocycles. The molecule has 0 aliphatic carbocycles. The summed E-state index contributed by atoms with van der Waals surface area (Å²) in [5.74, 6) is 0. The molecule has 0 amide bonds. The van der Waals surface area contributed by atoms with Crippen molar-refractivity contribution in [2.24, 2.45) is 0 Å². The van der Waals surface area contributed by atoms with Gasteiger partial charge in [0.25, 0.3) is 0 Å². The Balaban J connectivity index is 2.91. The summed E-state index contributed by atoms with van der Waals surface area (Å²) in [5, 5.41) is 2.13. The third kappa shape index (κ3) is 2.08. The quantitative estimate of drug-likeness (QED) is 0.686. The summed E-state index contributed by atoms with van der Waals surface area (Å²) in [7, 11) is 1.74. The van der Waals surface area contributed by atoms with Crippen LogP contribution in [0.3, 0.4) is 0 Å².